The molecule has 0 atom stereocenters. The van der Waals surface area contributed by atoms with E-state index in [2.05, 4.69) is 5.32 Å². The fraction of sp³-hybridized carbons (Fsp3) is 0.176. The van der Waals surface area contributed by atoms with Gasteiger partial charge < -0.3 is 10.1 Å². The maximum atomic E-state index is 12.3. The second kappa shape index (κ2) is 7.36. The van der Waals surface area contributed by atoms with Crippen LogP contribution in [0.25, 0.3) is 0 Å². The van der Waals surface area contributed by atoms with Crippen molar-refractivity contribution in [2.24, 2.45) is 0 Å². The molecule has 7 heteroatoms. The van der Waals surface area contributed by atoms with Crippen molar-refractivity contribution in [3.05, 3.63) is 63.7 Å². The number of anilines is 1. The molecular formula is C17H16N2O5. The lowest BCUT2D eigenvalue weighted by atomic mass is 10.1. The van der Waals surface area contributed by atoms with Crippen LogP contribution in [0.5, 0.6) is 5.75 Å². The van der Waals surface area contributed by atoms with E-state index in [0.29, 0.717) is 11.3 Å². The summed E-state index contributed by atoms with van der Waals surface area (Å²) in [5.41, 5.74) is 0.926. The van der Waals surface area contributed by atoms with Gasteiger partial charge in [0.2, 0.25) is 0 Å². The van der Waals surface area contributed by atoms with Crippen LogP contribution in [-0.4, -0.2) is 16.8 Å². The molecule has 1 amide bonds. The predicted octanol–water partition coefficient (Wildman–Crippen LogP) is 3.47. The summed E-state index contributed by atoms with van der Waals surface area (Å²) in [6, 6.07) is 10.6. The first-order valence-electron chi connectivity index (χ1n) is 7.28. The van der Waals surface area contributed by atoms with Gasteiger partial charge in [0, 0.05) is 18.1 Å². The van der Waals surface area contributed by atoms with Crippen LogP contribution in [0.15, 0.2) is 42.5 Å². The Morgan fingerprint density at radius 2 is 1.92 bits per heavy atom. The molecule has 1 N–H and O–H groups in total. The second-order valence-corrected chi connectivity index (χ2v) is 5.02. The molecule has 0 aromatic heterocycles. The first-order chi connectivity index (χ1) is 11.4. The van der Waals surface area contributed by atoms with Crippen LogP contribution in [0, 0.1) is 17.0 Å². The molecule has 0 aliphatic heterocycles. The Balaban J connectivity index is 2.22. The highest BCUT2D eigenvalue weighted by Crippen LogP contribution is 2.25. The molecule has 7 nitrogen and oxygen atoms in total. The predicted molar refractivity (Wildman–Crippen MR) is 88.2 cm³/mol. The van der Waals surface area contributed by atoms with Gasteiger partial charge in [-0.05, 0) is 31.2 Å². The topological polar surface area (TPSA) is 98.5 Å². The normalized spacial score (nSPS) is 10.1. The van der Waals surface area contributed by atoms with Crippen LogP contribution in [0.2, 0.25) is 0 Å². The van der Waals surface area contributed by atoms with Crippen molar-refractivity contribution >= 4 is 23.3 Å². The maximum Gasteiger partial charge on any atom is 0.310 e. The lowest BCUT2D eigenvalue weighted by Crippen LogP contribution is -2.14. The Kier molecular flexibility index (Phi) is 5.26. The number of carbonyl (C=O) groups is 2. The Hall–Kier alpha value is -3.22. The Labute approximate surface area is 138 Å². The summed E-state index contributed by atoms with van der Waals surface area (Å²) in [6.45, 7) is 3.23. The molecule has 0 heterocycles. The minimum absolute atomic E-state index is 0.0709. The van der Waals surface area contributed by atoms with E-state index in [-0.39, 0.29) is 23.4 Å². The number of nitro benzene ring substituents is 1. The van der Waals surface area contributed by atoms with Gasteiger partial charge in [-0.1, -0.05) is 19.1 Å². The van der Waals surface area contributed by atoms with E-state index < -0.39 is 16.8 Å². The summed E-state index contributed by atoms with van der Waals surface area (Å²) in [6.07, 6.45) is 0.225. The number of esters is 1. The number of nitrogens with zero attached hydrogens (tertiary/aromatic N) is 1. The fourth-order valence-corrected chi connectivity index (χ4v) is 2.06. The highest BCUT2D eigenvalue weighted by Gasteiger charge is 2.16. The molecule has 0 spiro atoms. The van der Waals surface area contributed by atoms with Gasteiger partial charge in [-0.2, -0.15) is 0 Å². The largest absolute Gasteiger partial charge is 0.427 e. The van der Waals surface area contributed by atoms with Gasteiger partial charge >= 0.3 is 5.97 Å². The summed E-state index contributed by atoms with van der Waals surface area (Å²) in [4.78, 5) is 34.1. The molecule has 0 unspecified atom stereocenters. The number of nitro groups is 1. The lowest BCUT2D eigenvalue weighted by Gasteiger charge is -2.09. The number of rotatable bonds is 5. The molecule has 0 radical (unpaired) electrons. The van der Waals surface area contributed by atoms with E-state index >= 15 is 0 Å². The van der Waals surface area contributed by atoms with Crippen molar-refractivity contribution in [2.45, 2.75) is 20.3 Å². The average molecular weight is 328 g/mol. The molecule has 0 aliphatic rings. The third-order valence-electron chi connectivity index (χ3n) is 3.37. The molecular weight excluding hydrogens is 312 g/mol. The molecule has 24 heavy (non-hydrogen) atoms. The molecule has 0 saturated heterocycles. The van der Waals surface area contributed by atoms with Crippen LogP contribution < -0.4 is 10.1 Å². The molecule has 0 saturated carbocycles. The van der Waals surface area contributed by atoms with Crippen molar-refractivity contribution < 1.29 is 19.2 Å². The SMILES string of the molecule is CCC(=O)Oc1cccc(C(=O)Nc2cccc([N+](=O)[O-])c2C)c1. The Bertz CT molecular complexity index is 801. The van der Waals surface area contributed by atoms with E-state index in [0.717, 1.165) is 0 Å². The molecule has 0 aliphatic carbocycles. The number of hydrogen-bond donors (Lipinski definition) is 1. The van der Waals surface area contributed by atoms with Gasteiger partial charge in [0.05, 0.1) is 16.2 Å². The molecule has 2 aromatic rings. The van der Waals surface area contributed by atoms with Crippen LogP contribution in [0.1, 0.15) is 29.3 Å². The zero-order valence-corrected chi connectivity index (χ0v) is 13.2. The van der Waals surface area contributed by atoms with Crippen molar-refractivity contribution in [1.29, 1.82) is 0 Å². The zero-order valence-electron chi connectivity index (χ0n) is 13.2. The van der Waals surface area contributed by atoms with Crippen molar-refractivity contribution in [3.63, 3.8) is 0 Å². The average Bonchev–Trinajstić information content (AvgIpc) is 2.56. The monoisotopic (exact) mass is 328 g/mol. The third kappa shape index (κ3) is 3.95. The van der Waals surface area contributed by atoms with Crippen LogP contribution in [-0.2, 0) is 4.79 Å². The fourth-order valence-electron chi connectivity index (χ4n) is 2.06. The summed E-state index contributed by atoms with van der Waals surface area (Å²) in [5.74, 6) is -0.583. The maximum absolute atomic E-state index is 12.3. The lowest BCUT2D eigenvalue weighted by molar-refractivity contribution is -0.385. The van der Waals surface area contributed by atoms with E-state index in [1.54, 1.807) is 38.1 Å². The number of nitrogens with one attached hydrogen (secondary N) is 1. The molecule has 2 aromatic carbocycles. The van der Waals surface area contributed by atoms with Crippen LogP contribution >= 0.6 is 0 Å². The first kappa shape index (κ1) is 17.1. The molecule has 0 fully saturated rings. The second-order valence-electron chi connectivity index (χ2n) is 5.02. The Morgan fingerprint density at radius 3 is 2.58 bits per heavy atom. The summed E-state index contributed by atoms with van der Waals surface area (Å²) in [7, 11) is 0. The molecule has 0 bridgehead atoms. The van der Waals surface area contributed by atoms with Crippen molar-refractivity contribution in [2.75, 3.05) is 5.32 Å². The minimum atomic E-state index is -0.504. The number of benzene rings is 2. The van der Waals surface area contributed by atoms with Crippen LogP contribution in [0.3, 0.4) is 0 Å². The zero-order chi connectivity index (χ0) is 17.7. The Morgan fingerprint density at radius 1 is 1.21 bits per heavy atom. The minimum Gasteiger partial charge on any atom is -0.427 e. The van der Waals surface area contributed by atoms with Gasteiger partial charge in [-0.25, -0.2) is 0 Å². The first-order valence-corrected chi connectivity index (χ1v) is 7.28. The summed E-state index contributed by atoms with van der Waals surface area (Å²) in [5, 5.41) is 13.6. The van der Waals surface area contributed by atoms with Crippen LogP contribution in [0.4, 0.5) is 11.4 Å². The highest BCUT2D eigenvalue weighted by atomic mass is 16.6. The third-order valence-corrected chi connectivity index (χ3v) is 3.37. The van der Waals surface area contributed by atoms with E-state index in [1.165, 1.54) is 18.2 Å². The van der Waals surface area contributed by atoms with E-state index in [4.69, 9.17) is 4.74 Å². The van der Waals surface area contributed by atoms with Crippen molar-refractivity contribution in [3.8, 4) is 5.75 Å². The quantitative estimate of drug-likeness (QED) is 0.392. The summed E-state index contributed by atoms with van der Waals surface area (Å²) < 4.78 is 5.07. The van der Waals surface area contributed by atoms with Gasteiger partial charge in [0.1, 0.15) is 5.75 Å². The molecule has 124 valence electrons. The number of ether oxygens (including phenoxy) is 1. The van der Waals surface area contributed by atoms with Gasteiger partial charge in [-0.15, -0.1) is 0 Å². The highest BCUT2D eigenvalue weighted by molar-refractivity contribution is 6.05. The number of hydrogen-bond acceptors (Lipinski definition) is 5. The standard InChI is InChI=1S/C17H16N2O5/c1-3-16(20)24-13-7-4-6-12(10-13)17(21)18-14-8-5-9-15(11(14)2)19(22)23/h4-10H,3H2,1-2H3,(H,18,21). The van der Waals surface area contributed by atoms with Crippen molar-refractivity contribution in [1.82, 2.24) is 0 Å². The van der Waals surface area contributed by atoms with Gasteiger partial charge in [0.25, 0.3) is 11.6 Å². The number of amides is 1. The van der Waals surface area contributed by atoms with Gasteiger partial charge in [0.15, 0.2) is 0 Å². The molecule has 2 rings (SSSR count). The summed E-state index contributed by atoms with van der Waals surface area (Å²) >= 11 is 0. The smallest absolute Gasteiger partial charge is 0.310 e. The number of carbonyl (C=O) groups excluding carboxylic acids is 2. The van der Waals surface area contributed by atoms with E-state index in [1.807, 2.05) is 0 Å². The van der Waals surface area contributed by atoms with E-state index in [9.17, 15) is 19.7 Å². The van der Waals surface area contributed by atoms with Gasteiger partial charge in [-0.3, -0.25) is 19.7 Å².